The molecule has 196 valence electrons. The molecule has 5 rings (SSSR count). The highest BCUT2D eigenvalue weighted by molar-refractivity contribution is 5.85. The Morgan fingerprint density at radius 3 is 2.40 bits per heavy atom. The van der Waals surface area contributed by atoms with Crippen molar-refractivity contribution >= 4 is 11.8 Å². The maximum absolute atomic E-state index is 13.1. The van der Waals surface area contributed by atoms with E-state index in [-0.39, 0.29) is 39.5 Å². The summed E-state index contributed by atoms with van der Waals surface area (Å²) in [7, 11) is 0. The van der Waals surface area contributed by atoms with Gasteiger partial charge in [0.25, 0.3) is 0 Å². The minimum atomic E-state index is -1.31. The van der Waals surface area contributed by atoms with Crippen LogP contribution in [0.4, 0.5) is 0 Å². The Morgan fingerprint density at radius 1 is 1.06 bits per heavy atom. The van der Waals surface area contributed by atoms with Crippen molar-refractivity contribution in [3.8, 4) is 0 Å². The zero-order valence-electron chi connectivity index (χ0n) is 22.8. The van der Waals surface area contributed by atoms with Gasteiger partial charge in [0.15, 0.2) is 0 Å². The summed E-state index contributed by atoms with van der Waals surface area (Å²) in [6, 6.07) is 0. The van der Waals surface area contributed by atoms with Crippen molar-refractivity contribution < 1.29 is 24.5 Å². The molecule has 5 nitrogen and oxygen atoms in total. The average Bonchev–Trinajstić information content (AvgIpc) is 3.26. The Kier molecular flexibility index (Phi) is 5.57. The van der Waals surface area contributed by atoms with E-state index in [2.05, 4.69) is 40.7 Å². The van der Waals surface area contributed by atoms with Crippen LogP contribution in [-0.4, -0.2) is 39.8 Å². The summed E-state index contributed by atoms with van der Waals surface area (Å²) >= 11 is 0. The zero-order chi connectivity index (χ0) is 25.8. The molecule has 0 spiro atoms. The van der Waals surface area contributed by atoms with Gasteiger partial charge in [-0.25, -0.2) is 0 Å². The number of Topliss-reactive ketones (excluding diaryl/α,β-unsaturated/α-hetero) is 1. The predicted octanol–water partition coefficient (Wildman–Crippen LogP) is 5.22. The molecule has 5 heteroatoms. The number of ketones is 1. The van der Waals surface area contributed by atoms with Crippen LogP contribution in [-0.2, 0) is 14.3 Å². The lowest BCUT2D eigenvalue weighted by molar-refractivity contribution is -0.157. The molecule has 5 aliphatic rings. The summed E-state index contributed by atoms with van der Waals surface area (Å²) in [4.78, 5) is 25.9. The van der Waals surface area contributed by atoms with E-state index in [1.54, 1.807) is 19.4 Å². The van der Waals surface area contributed by atoms with Crippen molar-refractivity contribution in [2.75, 3.05) is 0 Å². The summed E-state index contributed by atoms with van der Waals surface area (Å²) in [5.74, 6) is 1.12. The summed E-state index contributed by atoms with van der Waals surface area (Å²) in [5.41, 5.74) is 0.207. The number of fused-ring (bicyclic) bond motifs is 5. The van der Waals surface area contributed by atoms with Crippen molar-refractivity contribution in [3.63, 3.8) is 0 Å². The highest BCUT2D eigenvalue weighted by atomic mass is 16.6. The van der Waals surface area contributed by atoms with Gasteiger partial charge in [0, 0.05) is 18.3 Å². The van der Waals surface area contributed by atoms with Gasteiger partial charge in [0.1, 0.15) is 18.0 Å². The molecule has 0 amide bonds. The number of ether oxygens (including phenoxy) is 1. The van der Waals surface area contributed by atoms with Crippen LogP contribution in [0.5, 0.6) is 0 Å². The molecule has 2 N–H and O–H groups in total. The van der Waals surface area contributed by atoms with Crippen LogP contribution >= 0.6 is 0 Å². The van der Waals surface area contributed by atoms with E-state index in [1.807, 2.05) is 0 Å². The normalized spacial score (nSPS) is 47.9. The maximum atomic E-state index is 13.1. The Balaban J connectivity index is 1.45. The van der Waals surface area contributed by atoms with E-state index < -0.39 is 17.8 Å². The van der Waals surface area contributed by atoms with Gasteiger partial charge in [-0.05, 0) is 86.4 Å². The number of rotatable bonds is 3. The van der Waals surface area contributed by atoms with Crippen LogP contribution in [0.2, 0.25) is 0 Å². The second-order valence-corrected chi connectivity index (χ2v) is 14.5. The van der Waals surface area contributed by atoms with Crippen LogP contribution in [0.25, 0.3) is 0 Å². The van der Waals surface area contributed by atoms with Crippen LogP contribution < -0.4 is 0 Å². The smallest absolute Gasteiger partial charge is 0.309 e. The lowest BCUT2D eigenvalue weighted by Gasteiger charge is -2.63. The fourth-order valence-corrected chi connectivity index (χ4v) is 9.81. The van der Waals surface area contributed by atoms with Crippen molar-refractivity contribution in [1.82, 2.24) is 0 Å². The molecule has 0 aromatic carbocycles. The first kappa shape index (κ1) is 25.4. The minimum absolute atomic E-state index is 0.00318. The molecular weight excluding hydrogens is 440 g/mol. The maximum Gasteiger partial charge on any atom is 0.309 e. The average molecular weight is 487 g/mol. The van der Waals surface area contributed by atoms with Gasteiger partial charge >= 0.3 is 5.97 Å². The van der Waals surface area contributed by atoms with Crippen LogP contribution in [0.1, 0.15) is 99.8 Å². The standard InChI is InChI=1S/C30H46O5/c1-26(2)22-9-8-20-19(28(22,5)13-12-23(26)31)11-15-29(6)18(10-14-30(20,29)7)17-16-21(35-25(17)33)24(32)27(3,4)34/h8,17-19,21-22,24,32,34H,9-16H2,1-7H3/t17-,18-,19-,21+,22+,24-,28+,29-,30+/m0/s1. The Hall–Kier alpha value is -1.20. The third-order valence-corrected chi connectivity index (χ3v) is 12.3. The second kappa shape index (κ2) is 7.66. The molecule has 1 heterocycles. The molecule has 0 aromatic heterocycles. The molecule has 4 aliphatic carbocycles. The lowest BCUT2D eigenvalue weighted by atomic mass is 9.41. The number of carbonyl (C=O) groups is 2. The first-order valence-corrected chi connectivity index (χ1v) is 13.9. The third kappa shape index (κ3) is 3.32. The predicted molar refractivity (Wildman–Crippen MR) is 134 cm³/mol. The Morgan fingerprint density at radius 2 is 1.74 bits per heavy atom. The highest BCUT2D eigenvalue weighted by Gasteiger charge is 2.67. The van der Waals surface area contributed by atoms with Crippen molar-refractivity contribution in [2.45, 2.75) is 118 Å². The van der Waals surface area contributed by atoms with Gasteiger partial charge in [-0.15, -0.1) is 0 Å². The summed E-state index contributed by atoms with van der Waals surface area (Å²) in [6.45, 7) is 14.8. The summed E-state index contributed by atoms with van der Waals surface area (Å²) < 4.78 is 5.66. The van der Waals surface area contributed by atoms with Crippen LogP contribution in [0.3, 0.4) is 0 Å². The minimum Gasteiger partial charge on any atom is -0.459 e. The van der Waals surface area contributed by atoms with Crippen LogP contribution in [0.15, 0.2) is 11.6 Å². The van der Waals surface area contributed by atoms with Gasteiger partial charge in [-0.3, -0.25) is 9.59 Å². The molecule has 1 aliphatic heterocycles. The fourth-order valence-electron chi connectivity index (χ4n) is 9.81. The van der Waals surface area contributed by atoms with E-state index in [1.165, 1.54) is 0 Å². The number of hydrogen-bond acceptors (Lipinski definition) is 5. The monoisotopic (exact) mass is 486 g/mol. The largest absolute Gasteiger partial charge is 0.459 e. The third-order valence-electron chi connectivity index (χ3n) is 12.3. The van der Waals surface area contributed by atoms with E-state index in [0.29, 0.717) is 30.5 Å². The number of aliphatic hydroxyl groups is 2. The molecule has 35 heavy (non-hydrogen) atoms. The van der Waals surface area contributed by atoms with Gasteiger partial charge in [-0.1, -0.05) is 46.3 Å². The zero-order valence-corrected chi connectivity index (χ0v) is 22.8. The molecule has 0 radical (unpaired) electrons. The first-order chi connectivity index (χ1) is 16.1. The lowest BCUT2D eigenvalue weighted by Crippen LogP contribution is -2.57. The van der Waals surface area contributed by atoms with E-state index >= 15 is 0 Å². The Bertz CT molecular complexity index is 958. The van der Waals surface area contributed by atoms with E-state index in [4.69, 9.17) is 4.74 Å². The van der Waals surface area contributed by atoms with Gasteiger partial charge in [-0.2, -0.15) is 0 Å². The van der Waals surface area contributed by atoms with Crippen molar-refractivity contribution in [2.24, 2.45) is 45.3 Å². The molecule has 0 bridgehead atoms. The van der Waals surface area contributed by atoms with Crippen molar-refractivity contribution in [3.05, 3.63) is 11.6 Å². The Labute approximate surface area is 211 Å². The number of carbonyl (C=O) groups excluding carboxylic acids is 2. The summed E-state index contributed by atoms with van der Waals surface area (Å²) in [5, 5.41) is 20.9. The molecule has 9 atom stereocenters. The topological polar surface area (TPSA) is 83.8 Å². The van der Waals surface area contributed by atoms with Gasteiger partial charge < -0.3 is 14.9 Å². The van der Waals surface area contributed by atoms with Crippen molar-refractivity contribution in [1.29, 1.82) is 0 Å². The van der Waals surface area contributed by atoms with Gasteiger partial charge in [0.05, 0.1) is 11.5 Å². The quantitative estimate of drug-likeness (QED) is 0.422. The summed E-state index contributed by atoms with van der Waals surface area (Å²) in [6.07, 6.45) is 8.18. The van der Waals surface area contributed by atoms with Gasteiger partial charge in [0.2, 0.25) is 0 Å². The molecule has 3 saturated carbocycles. The molecule has 4 fully saturated rings. The first-order valence-electron chi connectivity index (χ1n) is 13.9. The molecular formula is C30H46O5. The van der Waals surface area contributed by atoms with Crippen LogP contribution in [0, 0.1) is 45.3 Å². The molecule has 1 saturated heterocycles. The SMILES string of the molecule is CC(C)(O)[C@@H](O)[C@H]1C[C@@H]([C@@H]2CC[C@]3(C)C4=CC[C@@H]5C(C)(C)C(=O)CC[C@]5(C)[C@H]4CC[C@@]23C)C(=O)O1. The number of hydrogen-bond donors (Lipinski definition) is 2. The highest BCUT2D eigenvalue weighted by Crippen LogP contribution is 2.73. The molecule has 0 aromatic rings. The molecule has 0 unspecified atom stereocenters. The van der Waals surface area contributed by atoms with E-state index in [0.717, 1.165) is 38.5 Å². The second-order valence-electron chi connectivity index (χ2n) is 14.5. The number of aliphatic hydroxyl groups excluding tert-OH is 1. The number of esters is 1. The fraction of sp³-hybridized carbons (Fsp3) is 0.867. The van der Waals surface area contributed by atoms with E-state index in [9.17, 15) is 19.8 Å². The number of cyclic esters (lactones) is 1. The number of allylic oxidation sites excluding steroid dienone is 2.